The first-order valence-electron chi connectivity index (χ1n) is 6.89. The molecule has 1 aromatic rings. The molecule has 1 saturated carbocycles. The van der Waals surface area contributed by atoms with Crippen molar-refractivity contribution in [1.82, 2.24) is 4.90 Å². The van der Waals surface area contributed by atoms with Crippen molar-refractivity contribution in [2.75, 3.05) is 19.7 Å². The van der Waals surface area contributed by atoms with Crippen molar-refractivity contribution in [2.45, 2.75) is 25.4 Å². The van der Waals surface area contributed by atoms with Crippen LogP contribution in [-0.2, 0) is 4.74 Å². The molecule has 4 heteroatoms. The van der Waals surface area contributed by atoms with Gasteiger partial charge >= 0.3 is 0 Å². The molecule has 2 aliphatic rings. The molecule has 3 nitrogen and oxygen atoms in total. The highest BCUT2D eigenvalue weighted by Crippen LogP contribution is 2.30. The lowest BCUT2D eigenvalue weighted by molar-refractivity contribution is 0.0480. The van der Waals surface area contributed by atoms with Gasteiger partial charge in [-0.05, 0) is 49.4 Å². The zero-order chi connectivity index (χ0) is 13.2. The quantitative estimate of drug-likeness (QED) is 0.848. The molecular weight excluding hydrogens is 262 g/mol. The Hall–Kier alpha value is -1.06. The Bertz CT molecular complexity index is 456. The Labute approximate surface area is 118 Å². The average molecular weight is 280 g/mol. The molecule has 0 bridgehead atoms. The van der Waals surface area contributed by atoms with Crippen molar-refractivity contribution in [3.63, 3.8) is 0 Å². The van der Waals surface area contributed by atoms with Crippen molar-refractivity contribution < 1.29 is 9.53 Å². The Morgan fingerprint density at radius 3 is 2.68 bits per heavy atom. The molecule has 1 atom stereocenters. The van der Waals surface area contributed by atoms with Gasteiger partial charge in [-0.3, -0.25) is 4.79 Å². The second-order valence-electron chi connectivity index (χ2n) is 5.45. The third-order valence-corrected chi connectivity index (χ3v) is 4.04. The standard InChI is InChI=1S/C15H18ClNO2/c16-13-5-3-12(4-6-13)15(18)17-8-7-14(9-17)19-10-11-1-2-11/h3-6,11,14H,1-2,7-10H2. The Morgan fingerprint density at radius 2 is 2.00 bits per heavy atom. The average Bonchev–Trinajstić information content (AvgIpc) is 3.13. The fraction of sp³-hybridized carbons (Fsp3) is 0.533. The topological polar surface area (TPSA) is 29.5 Å². The monoisotopic (exact) mass is 279 g/mol. The van der Waals surface area contributed by atoms with Gasteiger partial charge in [0, 0.05) is 30.3 Å². The van der Waals surface area contributed by atoms with Crippen LogP contribution in [0.1, 0.15) is 29.6 Å². The second kappa shape index (κ2) is 5.51. The Kier molecular flexibility index (Phi) is 3.76. The number of carbonyl (C=O) groups is 1. The van der Waals surface area contributed by atoms with E-state index in [1.165, 1.54) is 12.8 Å². The minimum absolute atomic E-state index is 0.0780. The van der Waals surface area contributed by atoms with E-state index >= 15 is 0 Å². The van der Waals surface area contributed by atoms with Crippen LogP contribution in [-0.4, -0.2) is 36.6 Å². The van der Waals surface area contributed by atoms with E-state index in [1.54, 1.807) is 24.3 Å². The number of nitrogens with zero attached hydrogens (tertiary/aromatic N) is 1. The van der Waals surface area contributed by atoms with Gasteiger partial charge in [-0.1, -0.05) is 11.6 Å². The van der Waals surface area contributed by atoms with E-state index in [0.29, 0.717) is 17.1 Å². The summed E-state index contributed by atoms with van der Waals surface area (Å²) in [5.74, 6) is 0.857. The van der Waals surface area contributed by atoms with Crippen LogP contribution in [0.3, 0.4) is 0 Å². The number of carbonyl (C=O) groups excluding carboxylic acids is 1. The zero-order valence-corrected chi connectivity index (χ0v) is 11.6. The summed E-state index contributed by atoms with van der Waals surface area (Å²) >= 11 is 5.83. The first kappa shape index (κ1) is 12.9. The van der Waals surface area contributed by atoms with Crippen molar-refractivity contribution in [1.29, 1.82) is 0 Å². The van der Waals surface area contributed by atoms with E-state index in [9.17, 15) is 4.79 Å². The molecule has 1 aromatic carbocycles. The maximum absolute atomic E-state index is 12.3. The van der Waals surface area contributed by atoms with Gasteiger partial charge in [-0.25, -0.2) is 0 Å². The molecule has 19 heavy (non-hydrogen) atoms. The summed E-state index contributed by atoms with van der Waals surface area (Å²) in [5, 5.41) is 0.656. The first-order chi connectivity index (χ1) is 9.22. The minimum atomic E-state index is 0.0780. The summed E-state index contributed by atoms with van der Waals surface area (Å²) in [6.07, 6.45) is 3.78. The maximum atomic E-state index is 12.3. The number of hydrogen-bond acceptors (Lipinski definition) is 2. The lowest BCUT2D eigenvalue weighted by atomic mass is 10.2. The number of hydrogen-bond donors (Lipinski definition) is 0. The lowest BCUT2D eigenvalue weighted by Crippen LogP contribution is -2.30. The highest BCUT2D eigenvalue weighted by molar-refractivity contribution is 6.30. The van der Waals surface area contributed by atoms with E-state index < -0.39 is 0 Å². The molecular formula is C15H18ClNO2. The van der Waals surface area contributed by atoms with Gasteiger partial charge in [0.1, 0.15) is 0 Å². The molecule has 1 unspecified atom stereocenters. The smallest absolute Gasteiger partial charge is 0.253 e. The molecule has 102 valence electrons. The molecule has 1 amide bonds. The van der Waals surface area contributed by atoms with Gasteiger partial charge < -0.3 is 9.64 Å². The molecule has 1 aliphatic carbocycles. The summed E-state index contributed by atoms with van der Waals surface area (Å²) in [5.41, 5.74) is 0.701. The maximum Gasteiger partial charge on any atom is 0.253 e. The highest BCUT2D eigenvalue weighted by Gasteiger charge is 2.29. The van der Waals surface area contributed by atoms with Gasteiger partial charge in [0.2, 0.25) is 0 Å². The van der Waals surface area contributed by atoms with Gasteiger partial charge in [0.25, 0.3) is 5.91 Å². The SMILES string of the molecule is O=C(c1ccc(Cl)cc1)N1CCC(OCC2CC2)C1. The summed E-state index contributed by atoms with van der Waals surface area (Å²) in [6.45, 7) is 2.37. The van der Waals surface area contributed by atoms with Crippen molar-refractivity contribution in [2.24, 2.45) is 5.92 Å². The predicted octanol–water partition coefficient (Wildman–Crippen LogP) is 2.98. The van der Waals surface area contributed by atoms with E-state index in [4.69, 9.17) is 16.3 Å². The Morgan fingerprint density at radius 1 is 1.26 bits per heavy atom. The fourth-order valence-electron chi connectivity index (χ4n) is 2.38. The lowest BCUT2D eigenvalue weighted by Gasteiger charge is -2.16. The predicted molar refractivity (Wildman–Crippen MR) is 74.4 cm³/mol. The molecule has 0 N–H and O–H groups in total. The van der Waals surface area contributed by atoms with Crippen LogP contribution in [0.5, 0.6) is 0 Å². The zero-order valence-electron chi connectivity index (χ0n) is 10.8. The summed E-state index contributed by atoms with van der Waals surface area (Å²) in [4.78, 5) is 14.2. The van der Waals surface area contributed by atoms with Gasteiger partial charge in [0.15, 0.2) is 0 Å². The molecule has 0 radical (unpaired) electrons. The number of amides is 1. The molecule has 3 rings (SSSR count). The van der Waals surface area contributed by atoms with Gasteiger partial charge in [-0.2, -0.15) is 0 Å². The molecule has 2 fully saturated rings. The number of ether oxygens (including phenoxy) is 1. The summed E-state index contributed by atoms with van der Waals surface area (Å²) in [7, 11) is 0. The Balaban J connectivity index is 1.54. The van der Waals surface area contributed by atoms with Crippen LogP contribution in [0.4, 0.5) is 0 Å². The van der Waals surface area contributed by atoms with E-state index in [1.807, 2.05) is 4.90 Å². The fourth-order valence-corrected chi connectivity index (χ4v) is 2.51. The summed E-state index contributed by atoms with van der Waals surface area (Å²) < 4.78 is 5.85. The van der Waals surface area contributed by atoms with E-state index in [2.05, 4.69) is 0 Å². The van der Waals surface area contributed by atoms with Crippen molar-refractivity contribution >= 4 is 17.5 Å². The second-order valence-corrected chi connectivity index (χ2v) is 5.88. The van der Waals surface area contributed by atoms with Gasteiger partial charge in [-0.15, -0.1) is 0 Å². The van der Waals surface area contributed by atoms with Crippen LogP contribution in [0.25, 0.3) is 0 Å². The van der Waals surface area contributed by atoms with Crippen LogP contribution in [0.15, 0.2) is 24.3 Å². The first-order valence-corrected chi connectivity index (χ1v) is 7.26. The number of benzene rings is 1. The normalized spacial score (nSPS) is 22.8. The van der Waals surface area contributed by atoms with Crippen LogP contribution < -0.4 is 0 Å². The number of halogens is 1. The molecule has 1 saturated heterocycles. The minimum Gasteiger partial charge on any atom is -0.376 e. The van der Waals surface area contributed by atoms with E-state index in [0.717, 1.165) is 25.5 Å². The largest absolute Gasteiger partial charge is 0.376 e. The van der Waals surface area contributed by atoms with Crippen LogP contribution >= 0.6 is 11.6 Å². The highest BCUT2D eigenvalue weighted by atomic mass is 35.5. The van der Waals surface area contributed by atoms with Crippen LogP contribution in [0, 0.1) is 5.92 Å². The number of likely N-dealkylation sites (tertiary alicyclic amines) is 1. The summed E-state index contributed by atoms with van der Waals surface area (Å²) in [6, 6.07) is 7.07. The molecule has 0 spiro atoms. The third-order valence-electron chi connectivity index (χ3n) is 3.79. The third kappa shape index (κ3) is 3.28. The van der Waals surface area contributed by atoms with Crippen LogP contribution in [0.2, 0.25) is 5.02 Å². The molecule has 1 heterocycles. The molecule has 1 aliphatic heterocycles. The van der Waals surface area contributed by atoms with E-state index in [-0.39, 0.29) is 12.0 Å². The van der Waals surface area contributed by atoms with Crippen molar-refractivity contribution in [3.05, 3.63) is 34.9 Å². The van der Waals surface area contributed by atoms with Gasteiger partial charge in [0.05, 0.1) is 6.10 Å². The van der Waals surface area contributed by atoms with Crippen molar-refractivity contribution in [3.8, 4) is 0 Å². The molecule has 0 aromatic heterocycles. The number of rotatable bonds is 4.